The van der Waals surface area contributed by atoms with Crippen molar-refractivity contribution in [1.29, 1.82) is 10.5 Å². The molecule has 7 heteroatoms. The highest BCUT2D eigenvalue weighted by Crippen LogP contribution is 2.32. The quantitative estimate of drug-likeness (QED) is 0.837. The van der Waals surface area contributed by atoms with Gasteiger partial charge in [0.25, 0.3) is 0 Å². The summed E-state index contributed by atoms with van der Waals surface area (Å²) in [6, 6.07) is 12.1. The Kier molecular flexibility index (Phi) is 4.66. The van der Waals surface area contributed by atoms with E-state index in [-0.39, 0.29) is 5.15 Å². The Morgan fingerprint density at radius 2 is 1.78 bits per heavy atom. The molecule has 0 saturated carbocycles. The van der Waals surface area contributed by atoms with E-state index in [1.807, 2.05) is 24.3 Å². The summed E-state index contributed by atoms with van der Waals surface area (Å²) in [6.07, 6.45) is 0.945. The maximum Gasteiger partial charge on any atom is 0.162 e. The third-order valence-electron chi connectivity index (χ3n) is 3.89. The highest BCUT2D eigenvalue weighted by molar-refractivity contribution is 7.10. The summed E-state index contributed by atoms with van der Waals surface area (Å²) in [4.78, 5) is 4.39. The van der Waals surface area contributed by atoms with Gasteiger partial charge < -0.3 is 9.80 Å². The zero-order valence-electron chi connectivity index (χ0n) is 12.4. The second kappa shape index (κ2) is 6.87. The third-order valence-corrected chi connectivity index (χ3v) is 5.18. The van der Waals surface area contributed by atoms with Crippen LogP contribution in [0.3, 0.4) is 0 Å². The fourth-order valence-electron chi connectivity index (χ4n) is 2.78. The van der Waals surface area contributed by atoms with Crippen LogP contribution in [0.25, 0.3) is 0 Å². The summed E-state index contributed by atoms with van der Waals surface area (Å²) in [5.41, 5.74) is 2.13. The average molecular weight is 344 g/mol. The van der Waals surface area contributed by atoms with Crippen LogP contribution in [-0.2, 0) is 0 Å². The van der Waals surface area contributed by atoms with Gasteiger partial charge in [-0.2, -0.15) is 14.9 Å². The predicted molar refractivity (Wildman–Crippen MR) is 92.0 cm³/mol. The number of nitrogens with zero attached hydrogens (tertiary/aromatic N) is 5. The number of hydrogen-bond donors (Lipinski definition) is 0. The predicted octanol–water partition coefficient (Wildman–Crippen LogP) is 3.26. The average Bonchev–Trinajstić information content (AvgIpc) is 2.81. The number of rotatable bonds is 2. The molecule has 0 atom stereocenters. The molecule has 0 unspecified atom stereocenters. The molecule has 5 nitrogen and oxygen atoms in total. The molecular formula is C16H14ClN5S. The van der Waals surface area contributed by atoms with Crippen LogP contribution in [0.2, 0.25) is 5.15 Å². The Balaban J connectivity index is 1.80. The maximum atomic E-state index is 9.28. The maximum absolute atomic E-state index is 9.28. The van der Waals surface area contributed by atoms with Crippen molar-refractivity contribution in [2.75, 3.05) is 36.0 Å². The SMILES string of the molecule is N#Cc1ccccc1N1CCCN(c2snc(Cl)c2C#N)CC1. The van der Waals surface area contributed by atoms with Crippen molar-refractivity contribution >= 4 is 33.8 Å². The van der Waals surface area contributed by atoms with Crippen molar-refractivity contribution in [1.82, 2.24) is 4.37 Å². The van der Waals surface area contributed by atoms with Gasteiger partial charge in [-0.1, -0.05) is 23.7 Å². The zero-order chi connectivity index (χ0) is 16.2. The van der Waals surface area contributed by atoms with Crippen LogP contribution in [0.4, 0.5) is 10.7 Å². The van der Waals surface area contributed by atoms with Gasteiger partial charge in [0.2, 0.25) is 0 Å². The largest absolute Gasteiger partial charge is 0.369 e. The van der Waals surface area contributed by atoms with Crippen molar-refractivity contribution in [3.8, 4) is 12.1 Å². The van der Waals surface area contributed by atoms with E-state index in [0.29, 0.717) is 11.1 Å². The Morgan fingerprint density at radius 1 is 1.04 bits per heavy atom. The second-order valence-electron chi connectivity index (χ2n) is 5.22. The molecule has 23 heavy (non-hydrogen) atoms. The standard InChI is InChI=1S/C16H14ClN5S/c17-15-13(11-19)16(23-20-15)22-7-3-6-21(8-9-22)14-5-2-1-4-12(14)10-18/h1-2,4-5H,3,6-9H2. The lowest BCUT2D eigenvalue weighted by molar-refractivity contribution is 0.808. The van der Waals surface area contributed by atoms with Crippen LogP contribution in [0, 0.1) is 22.7 Å². The molecule has 1 aromatic heterocycles. The molecule has 2 heterocycles. The number of hydrogen-bond acceptors (Lipinski definition) is 6. The summed E-state index contributed by atoms with van der Waals surface area (Å²) in [5.74, 6) is 0. The van der Waals surface area contributed by atoms with Crippen molar-refractivity contribution < 1.29 is 0 Å². The van der Waals surface area contributed by atoms with Gasteiger partial charge in [-0.05, 0) is 30.1 Å². The van der Waals surface area contributed by atoms with Crippen molar-refractivity contribution in [3.63, 3.8) is 0 Å². The van der Waals surface area contributed by atoms with Crippen molar-refractivity contribution in [3.05, 3.63) is 40.5 Å². The fourth-order valence-corrected chi connectivity index (χ4v) is 3.86. The van der Waals surface area contributed by atoms with Crippen LogP contribution in [0.15, 0.2) is 24.3 Å². The van der Waals surface area contributed by atoms with E-state index in [4.69, 9.17) is 11.6 Å². The monoisotopic (exact) mass is 343 g/mol. The number of anilines is 2. The van der Waals surface area contributed by atoms with Gasteiger partial charge >= 0.3 is 0 Å². The van der Waals surface area contributed by atoms with Gasteiger partial charge in [0, 0.05) is 26.2 Å². The van der Waals surface area contributed by atoms with Crippen LogP contribution in [0.5, 0.6) is 0 Å². The Labute approximate surface area is 144 Å². The first-order valence-electron chi connectivity index (χ1n) is 7.29. The lowest BCUT2D eigenvalue weighted by Crippen LogP contribution is -2.31. The fraction of sp³-hybridized carbons (Fsp3) is 0.312. The van der Waals surface area contributed by atoms with Gasteiger partial charge in [0.05, 0.1) is 11.3 Å². The molecule has 116 valence electrons. The minimum atomic E-state index is 0.281. The lowest BCUT2D eigenvalue weighted by Gasteiger charge is -2.24. The topological polar surface area (TPSA) is 67.0 Å². The minimum absolute atomic E-state index is 0.281. The van der Waals surface area contributed by atoms with E-state index in [1.54, 1.807) is 0 Å². The van der Waals surface area contributed by atoms with Gasteiger partial charge in [-0.25, -0.2) is 0 Å². The van der Waals surface area contributed by atoms with E-state index in [0.717, 1.165) is 43.3 Å². The molecule has 0 spiro atoms. The summed E-state index contributed by atoms with van der Waals surface area (Å²) >= 11 is 7.24. The molecule has 0 bridgehead atoms. The van der Waals surface area contributed by atoms with E-state index in [2.05, 4.69) is 26.3 Å². The van der Waals surface area contributed by atoms with E-state index < -0.39 is 0 Å². The van der Waals surface area contributed by atoms with E-state index in [1.165, 1.54) is 11.5 Å². The summed E-state index contributed by atoms with van der Waals surface area (Å²) in [6.45, 7) is 3.29. The molecule has 0 radical (unpaired) electrons. The molecule has 1 fully saturated rings. The lowest BCUT2D eigenvalue weighted by atomic mass is 10.1. The number of benzene rings is 1. The van der Waals surface area contributed by atoms with Crippen molar-refractivity contribution in [2.45, 2.75) is 6.42 Å². The number of para-hydroxylation sites is 1. The van der Waals surface area contributed by atoms with Gasteiger partial charge in [-0.3, -0.25) is 0 Å². The first-order valence-corrected chi connectivity index (χ1v) is 8.44. The molecule has 1 aliphatic rings. The number of aromatic nitrogens is 1. The summed E-state index contributed by atoms with van der Waals surface area (Å²) < 4.78 is 4.08. The van der Waals surface area contributed by atoms with Crippen LogP contribution >= 0.6 is 23.1 Å². The Bertz CT molecular complexity index is 788. The number of nitriles is 2. The highest BCUT2D eigenvalue weighted by atomic mass is 35.5. The van der Waals surface area contributed by atoms with Crippen molar-refractivity contribution in [2.24, 2.45) is 0 Å². The summed E-state index contributed by atoms with van der Waals surface area (Å²) in [7, 11) is 0. The minimum Gasteiger partial charge on any atom is -0.369 e. The first kappa shape index (κ1) is 15.6. The molecule has 1 saturated heterocycles. The molecular weight excluding hydrogens is 330 g/mol. The van der Waals surface area contributed by atoms with Gasteiger partial charge in [0.1, 0.15) is 22.7 Å². The zero-order valence-corrected chi connectivity index (χ0v) is 13.9. The first-order chi connectivity index (χ1) is 11.2. The van der Waals surface area contributed by atoms with Crippen LogP contribution in [0.1, 0.15) is 17.5 Å². The smallest absolute Gasteiger partial charge is 0.162 e. The van der Waals surface area contributed by atoms with Crippen LogP contribution < -0.4 is 9.80 Å². The molecule has 0 aliphatic carbocycles. The van der Waals surface area contributed by atoms with Gasteiger partial charge in [0.15, 0.2) is 5.15 Å². The normalized spacial score (nSPS) is 14.9. The van der Waals surface area contributed by atoms with E-state index in [9.17, 15) is 10.5 Å². The van der Waals surface area contributed by atoms with Crippen LogP contribution in [-0.4, -0.2) is 30.6 Å². The molecule has 2 aromatic rings. The Hall–Kier alpha value is -2.28. The summed E-state index contributed by atoms with van der Waals surface area (Å²) in [5, 5.41) is 19.6. The molecule has 1 aromatic carbocycles. The highest BCUT2D eigenvalue weighted by Gasteiger charge is 2.22. The van der Waals surface area contributed by atoms with Gasteiger partial charge in [-0.15, -0.1) is 0 Å². The van der Waals surface area contributed by atoms with E-state index >= 15 is 0 Å². The Morgan fingerprint density at radius 3 is 2.57 bits per heavy atom. The third kappa shape index (κ3) is 3.10. The molecule has 3 rings (SSSR count). The second-order valence-corrected chi connectivity index (χ2v) is 6.33. The number of halogens is 1. The molecule has 0 amide bonds. The molecule has 1 aliphatic heterocycles. The molecule has 0 N–H and O–H groups in total.